The number of carbonyl (C=O) groups is 2. The van der Waals surface area contributed by atoms with Gasteiger partial charge >= 0.3 is 5.97 Å². The zero-order valence-corrected chi connectivity index (χ0v) is 11.9. The number of benzene rings is 1. The molecular weight excluding hydrogens is 290 g/mol. The normalized spacial score (nSPS) is 13.2. The summed E-state index contributed by atoms with van der Waals surface area (Å²) in [6.45, 7) is 0.566. The quantitative estimate of drug-likeness (QED) is 0.897. The highest BCUT2D eigenvalue weighted by atomic mass is 32.1. The molecule has 7 heteroatoms. The lowest BCUT2D eigenvalue weighted by atomic mass is 10.1. The van der Waals surface area contributed by atoms with Gasteiger partial charge in [-0.05, 0) is 24.1 Å². The number of amides is 1. The van der Waals surface area contributed by atoms with Crippen molar-refractivity contribution in [1.82, 2.24) is 4.98 Å². The summed E-state index contributed by atoms with van der Waals surface area (Å²) in [5, 5.41) is 11.3. The lowest BCUT2D eigenvalue weighted by molar-refractivity contribution is -0.117. The lowest BCUT2D eigenvalue weighted by Gasteiger charge is -2.17. The molecule has 1 aromatic heterocycles. The SMILES string of the molecule is Nc1nc(CC(=O)N2CCc3ccc(C(=O)O)cc32)cs1. The molecule has 3 rings (SSSR count). The van der Waals surface area contributed by atoms with Crippen molar-refractivity contribution < 1.29 is 14.7 Å². The molecule has 0 spiro atoms. The fourth-order valence-electron chi connectivity index (χ4n) is 2.43. The van der Waals surface area contributed by atoms with Gasteiger partial charge in [0.15, 0.2) is 5.13 Å². The number of hydrogen-bond donors (Lipinski definition) is 2. The molecule has 0 bridgehead atoms. The van der Waals surface area contributed by atoms with Crippen molar-refractivity contribution in [3.05, 3.63) is 40.4 Å². The van der Waals surface area contributed by atoms with Gasteiger partial charge in [0.25, 0.3) is 0 Å². The largest absolute Gasteiger partial charge is 0.478 e. The molecule has 1 aliphatic heterocycles. The summed E-state index contributed by atoms with van der Waals surface area (Å²) < 4.78 is 0. The van der Waals surface area contributed by atoms with Crippen LogP contribution < -0.4 is 10.6 Å². The number of aromatic nitrogens is 1. The van der Waals surface area contributed by atoms with Crippen LogP contribution in [0, 0.1) is 0 Å². The third-order valence-corrected chi connectivity index (χ3v) is 4.15. The highest BCUT2D eigenvalue weighted by molar-refractivity contribution is 7.13. The number of nitrogen functional groups attached to an aromatic ring is 1. The number of hydrogen-bond acceptors (Lipinski definition) is 5. The maximum absolute atomic E-state index is 12.4. The summed E-state index contributed by atoms with van der Waals surface area (Å²) in [6, 6.07) is 4.89. The van der Waals surface area contributed by atoms with Crippen LogP contribution in [0.2, 0.25) is 0 Å². The molecule has 0 unspecified atom stereocenters. The molecular formula is C14H13N3O3S. The number of rotatable bonds is 3. The Balaban J connectivity index is 1.84. The summed E-state index contributed by atoms with van der Waals surface area (Å²) >= 11 is 1.30. The predicted octanol–water partition coefficient (Wildman–Crippen LogP) is 1.56. The van der Waals surface area contributed by atoms with Crippen LogP contribution in [0.15, 0.2) is 23.6 Å². The number of thiazole rings is 1. The average molecular weight is 303 g/mol. The van der Waals surface area contributed by atoms with E-state index >= 15 is 0 Å². The van der Waals surface area contributed by atoms with Crippen molar-refractivity contribution in [1.29, 1.82) is 0 Å². The highest BCUT2D eigenvalue weighted by Crippen LogP contribution is 2.29. The van der Waals surface area contributed by atoms with E-state index in [0.29, 0.717) is 23.1 Å². The summed E-state index contributed by atoms with van der Waals surface area (Å²) in [5.41, 5.74) is 8.06. The first-order valence-corrected chi connectivity index (χ1v) is 7.29. The van der Waals surface area contributed by atoms with E-state index in [1.807, 2.05) is 0 Å². The van der Waals surface area contributed by atoms with E-state index in [1.165, 1.54) is 11.3 Å². The lowest BCUT2D eigenvalue weighted by Crippen LogP contribution is -2.30. The Labute approximate surface area is 124 Å². The topological polar surface area (TPSA) is 96.5 Å². The average Bonchev–Trinajstić information content (AvgIpc) is 3.04. The van der Waals surface area contributed by atoms with Crippen molar-refractivity contribution in [2.24, 2.45) is 0 Å². The van der Waals surface area contributed by atoms with Crippen molar-refractivity contribution >= 4 is 34.0 Å². The van der Waals surface area contributed by atoms with Crippen molar-refractivity contribution in [2.45, 2.75) is 12.8 Å². The van der Waals surface area contributed by atoms with E-state index in [9.17, 15) is 9.59 Å². The minimum Gasteiger partial charge on any atom is -0.478 e. The van der Waals surface area contributed by atoms with Crippen molar-refractivity contribution in [2.75, 3.05) is 17.2 Å². The second-order valence-electron chi connectivity index (χ2n) is 4.80. The van der Waals surface area contributed by atoms with Crippen LogP contribution in [-0.4, -0.2) is 28.5 Å². The van der Waals surface area contributed by atoms with Crippen LogP contribution in [0.5, 0.6) is 0 Å². The number of carbonyl (C=O) groups excluding carboxylic acids is 1. The van der Waals surface area contributed by atoms with Crippen molar-refractivity contribution in [3.8, 4) is 0 Å². The van der Waals surface area contributed by atoms with Gasteiger partial charge in [-0.2, -0.15) is 0 Å². The van der Waals surface area contributed by atoms with Crippen LogP contribution in [-0.2, 0) is 17.6 Å². The predicted molar refractivity (Wildman–Crippen MR) is 79.7 cm³/mol. The van der Waals surface area contributed by atoms with Crippen LogP contribution in [0.1, 0.15) is 21.6 Å². The number of nitrogens with two attached hydrogens (primary N) is 1. The monoisotopic (exact) mass is 303 g/mol. The first-order chi connectivity index (χ1) is 10.0. The molecule has 2 heterocycles. The summed E-state index contributed by atoms with van der Waals surface area (Å²) in [4.78, 5) is 29.1. The second kappa shape index (κ2) is 5.17. The fourth-order valence-corrected chi connectivity index (χ4v) is 2.99. The van der Waals surface area contributed by atoms with Gasteiger partial charge in [-0.3, -0.25) is 4.79 Å². The van der Waals surface area contributed by atoms with E-state index in [4.69, 9.17) is 10.8 Å². The summed E-state index contributed by atoms with van der Waals surface area (Å²) in [6.07, 6.45) is 0.907. The molecule has 1 amide bonds. The Hall–Kier alpha value is -2.41. The minimum absolute atomic E-state index is 0.0958. The molecule has 3 N–H and O–H groups in total. The molecule has 0 saturated heterocycles. The molecule has 21 heavy (non-hydrogen) atoms. The van der Waals surface area contributed by atoms with Gasteiger partial charge in [-0.1, -0.05) is 6.07 Å². The summed E-state index contributed by atoms with van der Waals surface area (Å²) in [7, 11) is 0. The van der Waals surface area contributed by atoms with Gasteiger partial charge in [-0.15, -0.1) is 11.3 Å². The zero-order valence-electron chi connectivity index (χ0n) is 11.1. The zero-order chi connectivity index (χ0) is 15.0. The van der Waals surface area contributed by atoms with E-state index in [0.717, 1.165) is 12.0 Å². The van der Waals surface area contributed by atoms with Gasteiger partial charge in [0.1, 0.15) is 0 Å². The molecule has 108 valence electrons. The molecule has 1 aliphatic rings. The number of aromatic carboxylic acids is 1. The highest BCUT2D eigenvalue weighted by Gasteiger charge is 2.26. The third-order valence-electron chi connectivity index (χ3n) is 3.43. The standard InChI is InChI=1S/C14H13N3O3S/c15-14-16-10(7-21-14)6-12(18)17-4-3-8-1-2-9(13(19)20)5-11(8)17/h1-2,5,7H,3-4,6H2,(H2,15,16)(H,19,20). The molecule has 0 fully saturated rings. The number of carboxylic acids is 1. The van der Waals surface area contributed by atoms with Gasteiger partial charge in [0, 0.05) is 17.6 Å². The van der Waals surface area contributed by atoms with Gasteiger partial charge in [-0.25, -0.2) is 9.78 Å². The number of carboxylic acid groups (broad SMARTS) is 1. The van der Waals surface area contributed by atoms with Crippen molar-refractivity contribution in [3.63, 3.8) is 0 Å². The van der Waals surface area contributed by atoms with Crippen LogP contribution in [0.25, 0.3) is 0 Å². The first kappa shape index (κ1) is 13.6. The third kappa shape index (κ3) is 2.59. The van der Waals surface area contributed by atoms with E-state index in [1.54, 1.807) is 28.5 Å². The van der Waals surface area contributed by atoms with Gasteiger partial charge in [0.2, 0.25) is 5.91 Å². The van der Waals surface area contributed by atoms with E-state index < -0.39 is 5.97 Å². The molecule has 1 aromatic carbocycles. The Bertz CT molecular complexity index is 726. The van der Waals surface area contributed by atoms with Crippen LogP contribution in [0.3, 0.4) is 0 Å². The Morgan fingerprint density at radius 3 is 2.90 bits per heavy atom. The molecule has 0 atom stereocenters. The molecule has 2 aromatic rings. The molecule has 0 radical (unpaired) electrons. The maximum Gasteiger partial charge on any atom is 0.335 e. The van der Waals surface area contributed by atoms with Crippen LogP contribution in [0.4, 0.5) is 10.8 Å². The van der Waals surface area contributed by atoms with Crippen LogP contribution >= 0.6 is 11.3 Å². The molecule has 0 aliphatic carbocycles. The van der Waals surface area contributed by atoms with E-state index in [2.05, 4.69) is 4.98 Å². The Kier molecular flexibility index (Phi) is 3.34. The number of nitrogens with zero attached hydrogens (tertiary/aromatic N) is 2. The first-order valence-electron chi connectivity index (χ1n) is 6.41. The Morgan fingerprint density at radius 2 is 2.24 bits per heavy atom. The van der Waals surface area contributed by atoms with E-state index in [-0.39, 0.29) is 17.9 Å². The van der Waals surface area contributed by atoms with Gasteiger partial charge in [0.05, 0.1) is 17.7 Å². The Morgan fingerprint density at radius 1 is 1.43 bits per heavy atom. The van der Waals surface area contributed by atoms with Gasteiger partial charge < -0.3 is 15.7 Å². The molecule has 0 saturated carbocycles. The smallest absolute Gasteiger partial charge is 0.335 e. The minimum atomic E-state index is -0.996. The maximum atomic E-state index is 12.4. The fraction of sp³-hybridized carbons (Fsp3) is 0.214. The molecule has 6 nitrogen and oxygen atoms in total. The summed E-state index contributed by atoms with van der Waals surface area (Å²) in [5.74, 6) is -1.09. The second-order valence-corrected chi connectivity index (χ2v) is 5.69. The number of fused-ring (bicyclic) bond motifs is 1. The number of anilines is 2.